The van der Waals surface area contributed by atoms with Gasteiger partial charge in [0, 0.05) is 16.7 Å². The maximum atomic E-state index is 12.7. The molecule has 1 aromatic heterocycles. The van der Waals surface area contributed by atoms with Gasteiger partial charge in [-0.2, -0.15) is 5.26 Å². The van der Waals surface area contributed by atoms with Crippen molar-refractivity contribution in [3.05, 3.63) is 51.5 Å². The molecule has 8 heteroatoms. The van der Waals surface area contributed by atoms with Gasteiger partial charge in [0.05, 0.1) is 18.2 Å². The van der Waals surface area contributed by atoms with Crippen LogP contribution in [0.4, 0.5) is 0 Å². The molecular weight excluding hydrogens is 384 g/mol. The molecule has 0 bridgehead atoms. The van der Waals surface area contributed by atoms with E-state index in [0.717, 1.165) is 0 Å². The highest BCUT2D eigenvalue weighted by atomic mass is 35.5. The van der Waals surface area contributed by atoms with Gasteiger partial charge in [0.25, 0.3) is 0 Å². The lowest BCUT2D eigenvalue weighted by Crippen LogP contribution is -1.97. The van der Waals surface area contributed by atoms with E-state index in [1.54, 1.807) is 44.2 Å². The summed E-state index contributed by atoms with van der Waals surface area (Å²) in [6.07, 6.45) is 1.34. The number of halogens is 2. The number of hydrogen-bond donors (Lipinski definition) is 0. The zero-order chi connectivity index (χ0) is 18.4. The highest BCUT2D eigenvalue weighted by Gasteiger charge is 2.30. The van der Waals surface area contributed by atoms with Crippen LogP contribution in [-0.4, -0.2) is 13.2 Å². The van der Waals surface area contributed by atoms with Crippen molar-refractivity contribution in [3.8, 4) is 17.4 Å². The Morgan fingerprint density at radius 1 is 1.24 bits per heavy atom. The molecule has 5 nitrogen and oxygen atoms in total. The van der Waals surface area contributed by atoms with Crippen LogP contribution in [0.3, 0.4) is 0 Å². The Hall–Kier alpha value is -1.54. The Bertz CT molecular complexity index is 860. The van der Waals surface area contributed by atoms with Crippen molar-refractivity contribution in [1.29, 1.82) is 5.26 Å². The van der Waals surface area contributed by atoms with Gasteiger partial charge in [0.1, 0.15) is 22.9 Å². The van der Waals surface area contributed by atoms with E-state index in [2.05, 4.69) is 0 Å². The van der Waals surface area contributed by atoms with Crippen molar-refractivity contribution in [1.82, 2.24) is 0 Å². The Kier molecular flexibility index (Phi) is 6.89. The van der Waals surface area contributed by atoms with E-state index in [1.807, 2.05) is 6.07 Å². The monoisotopic (exact) mass is 399 g/mol. The number of allylic oxidation sites excluding steroid dienone is 1. The molecule has 0 saturated heterocycles. The third-order valence-corrected chi connectivity index (χ3v) is 5.69. The van der Waals surface area contributed by atoms with Gasteiger partial charge in [-0.3, -0.25) is 4.57 Å². The zero-order valence-corrected chi connectivity index (χ0v) is 16.1. The second kappa shape index (κ2) is 8.71. The molecule has 0 spiro atoms. The molecule has 0 unspecified atom stereocenters. The average Bonchev–Trinajstić information content (AvgIpc) is 3.03. The summed E-state index contributed by atoms with van der Waals surface area (Å²) in [4.78, 5) is 0. The molecule has 2 aromatic rings. The number of rotatable bonds is 7. The zero-order valence-electron chi connectivity index (χ0n) is 13.7. The fourth-order valence-electron chi connectivity index (χ4n) is 2.09. The summed E-state index contributed by atoms with van der Waals surface area (Å²) in [5.74, 6) is 0.793. The van der Waals surface area contributed by atoms with Gasteiger partial charge in [0.15, 0.2) is 0 Å². The molecule has 0 radical (unpaired) electrons. The number of nitrogens with zero attached hydrogens (tertiary/aromatic N) is 1. The smallest absolute Gasteiger partial charge is 0.371 e. The van der Waals surface area contributed by atoms with E-state index >= 15 is 0 Å². The van der Waals surface area contributed by atoms with Gasteiger partial charge in [-0.1, -0.05) is 23.2 Å². The van der Waals surface area contributed by atoms with Gasteiger partial charge in [0.2, 0.25) is 0 Å². The lowest BCUT2D eigenvalue weighted by molar-refractivity contribution is 0.227. The third kappa shape index (κ3) is 4.76. The normalized spacial score (nSPS) is 12.2. The van der Waals surface area contributed by atoms with Gasteiger partial charge >= 0.3 is 7.60 Å². The predicted octanol–water partition coefficient (Wildman–Crippen LogP) is 6.38. The maximum Gasteiger partial charge on any atom is 0.371 e. The highest BCUT2D eigenvalue weighted by Crippen LogP contribution is 2.56. The summed E-state index contributed by atoms with van der Waals surface area (Å²) < 4.78 is 28.8. The Morgan fingerprint density at radius 3 is 2.52 bits per heavy atom. The molecule has 0 atom stereocenters. The van der Waals surface area contributed by atoms with E-state index in [9.17, 15) is 9.83 Å². The molecule has 0 aliphatic rings. The predicted molar refractivity (Wildman–Crippen MR) is 98.6 cm³/mol. The van der Waals surface area contributed by atoms with Crippen LogP contribution < -0.4 is 0 Å². The number of benzene rings is 1. The van der Waals surface area contributed by atoms with E-state index in [-0.39, 0.29) is 18.5 Å². The van der Waals surface area contributed by atoms with Crippen LogP contribution in [0.25, 0.3) is 17.4 Å². The first-order chi connectivity index (χ1) is 11.9. The molecule has 0 fully saturated rings. The SMILES string of the molecule is CCOP(=O)(OCC)/C(C#N)=C\c1ccc(-c2cc(Cl)ccc2Cl)o1. The topological polar surface area (TPSA) is 72.5 Å². The van der Waals surface area contributed by atoms with Gasteiger partial charge in [-0.05, 0) is 44.2 Å². The summed E-state index contributed by atoms with van der Waals surface area (Å²) >= 11 is 12.1. The first-order valence-corrected chi connectivity index (χ1v) is 9.80. The first-order valence-electron chi connectivity index (χ1n) is 7.50. The fraction of sp³-hybridized carbons (Fsp3) is 0.235. The van der Waals surface area contributed by atoms with Gasteiger partial charge in [-0.25, -0.2) is 0 Å². The van der Waals surface area contributed by atoms with Crippen LogP contribution in [0, 0.1) is 11.3 Å². The van der Waals surface area contributed by atoms with E-state index in [1.165, 1.54) is 6.08 Å². The Morgan fingerprint density at radius 2 is 1.92 bits per heavy atom. The molecule has 132 valence electrons. The molecular formula is C17H16Cl2NO4P. The van der Waals surface area contributed by atoms with E-state index in [0.29, 0.717) is 27.1 Å². The summed E-state index contributed by atoms with van der Waals surface area (Å²) in [6, 6.07) is 10.2. The summed E-state index contributed by atoms with van der Waals surface area (Å²) in [6.45, 7) is 3.65. The summed E-state index contributed by atoms with van der Waals surface area (Å²) in [7, 11) is -3.68. The summed E-state index contributed by atoms with van der Waals surface area (Å²) in [5, 5.41) is 10.2. The average molecular weight is 400 g/mol. The minimum absolute atomic E-state index is 0.130. The van der Waals surface area contributed by atoms with Crippen molar-refractivity contribution in [2.75, 3.05) is 13.2 Å². The van der Waals surface area contributed by atoms with Crippen LogP contribution in [0.2, 0.25) is 10.0 Å². The van der Waals surface area contributed by atoms with Crippen molar-refractivity contribution in [3.63, 3.8) is 0 Å². The number of hydrogen-bond acceptors (Lipinski definition) is 5. The largest absolute Gasteiger partial charge is 0.457 e. The van der Waals surface area contributed by atoms with E-state index in [4.69, 9.17) is 36.7 Å². The fourth-order valence-corrected chi connectivity index (χ4v) is 3.91. The molecule has 0 N–H and O–H groups in total. The molecule has 1 heterocycles. The molecule has 0 aliphatic heterocycles. The lowest BCUT2D eigenvalue weighted by atomic mass is 10.2. The van der Waals surface area contributed by atoms with Crippen LogP contribution in [-0.2, 0) is 13.6 Å². The highest BCUT2D eigenvalue weighted by molar-refractivity contribution is 7.59. The minimum Gasteiger partial charge on any atom is -0.457 e. The molecule has 2 rings (SSSR count). The van der Waals surface area contributed by atoms with Crippen molar-refractivity contribution >= 4 is 36.9 Å². The summed E-state index contributed by atoms with van der Waals surface area (Å²) in [5.41, 5.74) is 0.616. The minimum atomic E-state index is -3.68. The molecule has 0 saturated carbocycles. The van der Waals surface area contributed by atoms with E-state index < -0.39 is 7.60 Å². The number of nitriles is 1. The molecule has 1 aromatic carbocycles. The van der Waals surface area contributed by atoms with Gasteiger partial charge < -0.3 is 13.5 Å². The van der Waals surface area contributed by atoms with Crippen LogP contribution in [0.5, 0.6) is 0 Å². The lowest BCUT2D eigenvalue weighted by Gasteiger charge is -2.15. The quantitative estimate of drug-likeness (QED) is 0.398. The molecule has 0 aliphatic carbocycles. The van der Waals surface area contributed by atoms with Crippen molar-refractivity contribution in [2.45, 2.75) is 13.8 Å². The van der Waals surface area contributed by atoms with Crippen molar-refractivity contribution < 1.29 is 18.0 Å². The number of furan rings is 1. The Balaban J connectivity index is 2.41. The second-order valence-corrected chi connectivity index (χ2v) is 7.64. The Labute approximate surface area is 156 Å². The third-order valence-electron chi connectivity index (χ3n) is 3.11. The molecule has 25 heavy (non-hydrogen) atoms. The van der Waals surface area contributed by atoms with Crippen LogP contribution in [0.1, 0.15) is 19.6 Å². The van der Waals surface area contributed by atoms with Crippen LogP contribution >= 0.6 is 30.8 Å². The molecule has 0 amide bonds. The van der Waals surface area contributed by atoms with Crippen molar-refractivity contribution in [2.24, 2.45) is 0 Å². The second-order valence-electron chi connectivity index (χ2n) is 4.80. The standard InChI is InChI=1S/C17H16Cl2NO4P/c1-3-22-25(21,23-4-2)14(11-20)10-13-6-8-17(24-13)15-9-12(18)5-7-16(15)19/h5-10H,3-4H2,1-2H3/b14-10-. The maximum absolute atomic E-state index is 12.7. The van der Waals surface area contributed by atoms with Gasteiger partial charge in [-0.15, -0.1) is 0 Å². The van der Waals surface area contributed by atoms with Crippen LogP contribution in [0.15, 0.2) is 40.1 Å². The first kappa shape index (κ1) is 19.8.